The molecule has 6 nitrogen and oxygen atoms in total. The minimum Gasteiger partial charge on any atom is -0.478 e. The number of carbonyl (C=O) groups is 1. The zero-order valence-electron chi connectivity index (χ0n) is 10.7. The lowest BCUT2D eigenvalue weighted by Crippen LogP contribution is -2.07. The summed E-state index contributed by atoms with van der Waals surface area (Å²) in [6.45, 7) is 5.80. The maximum absolute atomic E-state index is 11.0. The number of nitrogens with zero attached hydrogens (tertiary/aromatic N) is 1. The van der Waals surface area contributed by atoms with Crippen molar-refractivity contribution in [3.05, 3.63) is 46.0 Å². The van der Waals surface area contributed by atoms with Gasteiger partial charge in [0.2, 0.25) is 0 Å². The molecule has 0 unspecified atom stereocenters. The van der Waals surface area contributed by atoms with Crippen molar-refractivity contribution < 1.29 is 14.8 Å². The molecule has 0 aromatic heterocycles. The summed E-state index contributed by atoms with van der Waals surface area (Å²) >= 11 is 0. The number of carboxylic acids is 1. The molecule has 1 rings (SSSR count). The van der Waals surface area contributed by atoms with E-state index < -0.39 is 10.9 Å². The van der Waals surface area contributed by atoms with Crippen LogP contribution in [0.3, 0.4) is 0 Å². The molecule has 0 aliphatic heterocycles. The zero-order chi connectivity index (χ0) is 14.4. The normalized spacial score (nSPS) is 9.95. The first-order valence-electron chi connectivity index (χ1n) is 5.84. The van der Waals surface area contributed by atoms with E-state index in [0.717, 1.165) is 18.9 Å². The van der Waals surface area contributed by atoms with Crippen LogP contribution in [0.1, 0.15) is 28.8 Å². The highest BCUT2D eigenvalue weighted by atomic mass is 16.6. The van der Waals surface area contributed by atoms with Gasteiger partial charge in [-0.1, -0.05) is 6.08 Å². The molecule has 0 saturated heterocycles. The highest BCUT2D eigenvalue weighted by Crippen LogP contribution is 2.27. The van der Waals surface area contributed by atoms with E-state index in [1.165, 1.54) is 6.07 Å². The molecule has 0 radical (unpaired) electrons. The summed E-state index contributed by atoms with van der Waals surface area (Å²) in [7, 11) is 0. The molecule has 1 aromatic carbocycles. The SMILES string of the molecule is C=CCCCNc1cc(C(=O)O)cc([N+](=O)[O-])c1C. The number of nitro benzene ring substituents is 1. The Bertz CT molecular complexity index is 512. The van der Waals surface area contributed by atoms with Crippen molar-refractivity contribution in [1.29, 1.82) is 0 Å². The number of nitro groups is 1. The number of aromatic carboxylic acids is 1. The number of hydrogen-bond acceptors (Lipinski definition) is 4. The van der Waals surface area contributed by atoms with Gasteiger partial charge >= 0.3 is 5.97 Å². The van der Waals surface area contributed by atoms with Crippen LogP contribution in [-0.2, 0) is 0 Å². The van der Waals surface area contributed by atoms with Gasteiger partial charge in [-0.2, -0.15) is 0 Å². The molecule has 0 amide bonds. The van der Waals surface area contributed by atoms with E-state index in [1.54, 1.807) is 13.0 Å². The smallest absolute Gasteiger partial charge is 0.336 e. The molecule has 0 aliphatic carbocycles. The molecule has 0 aliphatic rings. The van der Waals surface area contributed by atoms with Gasteiger partial charge in [0.1, 0.15) is 0 Å². The minimum absolute atomic E-state index is 0.0940. The van der Waals surface area contributed by atoms with Crippen molar-refractivity contribution in [3.8, 4) is 0 Å². The van der Waals surface area contributed by atoms with Gasteiger partial charge in [0, 0.05) is 23.9 Å². The number of allylic oxidation sites excluding steroid dienone is 1. The number of unbranched alkanes of at least 4 members (excludes halogenated alkanes) is 1. The summed E-state index contributed by atoms with van der Waals surface area (Å²) in [4.78, 5) is 21.3. The Balaban J connectivity index is 3.04. The van der Waals surface area contributed by atoms with Gasteiger partial charge in [-0.25, -0.2) is 4.79 Å². The molecule has 1 aromatic rings. The van der Waals surface area contributed by atoms with Gasteiger partial charge in [0.15, 0.2) is 0 Å². The molecule has 19 heavy (non-hydrogen) atoms. The highest BCUT2D eigenvalue weighted by Gasteiger charge is 2.18. The van der Waals surface area contributed by atoms with Crippen LogP contribution in [0.5, 0.6) is 0 Å². The summed E-state index contributed by atoms with van der Waals surface area (Å²) in [5.41, 5.74) is 0.638. The number of hydrogen-bond donors (Lipinski definition) is 2. The Morgan fingerprint density at radius 1 is 1.58 bits per heavy atom. The summed E-state index contributed by atoms with van der Waals surface area (Å²) in [5, 5.41) is 22.9. The Hall–Kier alpha value is -2.37. The lowest BCUT2D eigenvalue weighted by atomic mass is 10.1. The molecular formula is C13H16N2O4. The first-order valence-corrected chi connectivity index (χ1v) is 5.84. The van der Waals surface area contributed by atoms with Crippen LogP contribution in [0.15, 0.2) is 24.8 Å². The van der Waals surface area contributed by atoms with E-state index in [9.17, 15) is 14.9 Å². The van der Waals surface area contributed by atoms with Crippen molar-refractivity contribution in [1.82, 2.24) is 0 Å². The number of nitrogens with one attached hydrogen (secondary N) is 1. The molecule has 0 fully saturated rings. The molecule has 0 saturated carbocycles. The second-order valence-corrected chi connectivity index (χ2v) is 4.09. The predicted octanol–water partition coefficient (Wildman–Crippen LogP) is 2.98. The average Bonchev–Trinajstić information content (AvgIpc) is 2.35. The van der Waals surface area contributed by atoms with Gasteiger partial charge < -0.3 is 10.4 Å². The minimum atomic E-state index is -1.18. The van der Waals surface area contributed by atoms with E-state index in [-0.39, 0.29) is 11.3 Å². The molecule has 6 heteroatoms. The van der Waals surface area contributed by atoms with Crippen molar-refractivity contribution in [2.45, 2.75) is 19.8 Å². The number of rotatable bonds is 7. The quantitative estimate of drug-likeness (QED) is 0.342. The van der Waals surface area contributed by atoms with Gasteiger partial charge in [0.05, 0.1) is 10.5 Å². The average molecular weight is 264 g/mol. The third kappa shape index (κ3) is 3.80. The summed E-state index contributed by atoms with van der Waals surface area (Å²) in [6.07, 6.45) is 3.44. The van der Waals surface area contributed by atoms with Crippen molar-refractivity contribution in [3.63, 3.8) is 0 Å². The fourth-order valence-electron chi connectivity index (χ4n) is 1.67. The van der Waals surface area contributed by atoms with Gasteiger partial charge in [-0.05, 0) is 25.8 Å². The first-order chi connectivity index (χ1) is 8.97. The lowest BCUT2D eigenvalue weighted by molar-refractivity contribution is -0.385. The fourth-order valence-corrected chi connectivity index (χ4v) is 1.67. The maximum atomic E-state index is 11.0. The molecule has 0 bridgehead atoms. The number of anilines is 1. The Morgan fingerprint density at radius 3 is 2.79 bits per heavy atom. The van der Waals surface area contributed by atoms with E-state index >= 15 is 0 Å². The third-order valence-corrected chi connectivity index (χ3v) is 2.72. The lowest BCUT2D eigenvalue weighted by Gasteiger charge is -2.10. The maximum Gasteiger partial charge on any atom is 0.336 e. The zero-order valence-corrected chi connectivity index (χ0v) is 10.7. The van der Waals surface area contributed by atoms with Crippen LogP contribution in [0, 0.1) is 17.0 Å². The molecule has 102 valence electrons. The Labute approximate surface area is 110 Å². The molecule has 2 N–H and O–H groups in total. The van der Waals surface area contributed by atoms with E-state index in [2.05, 4.69) is 11.9 Å². The van der Waals surface area contributed by atoms with E-state index in [4.69, 9.17) is 5.11 Å². The van der Waals surface area contributed by atoms with Crippen molar-refractivity contribution >= 4 is 17.3 Å². The van der Waals surface area contributed by atoms with Gasteiger partial charge in [-0.3, -0.25) is 10.1 Å². The van der Waals surface area contributed by atoms with Gasteiger partial charge in [-0.15, -0.1) is 6.58 Å². The van der Waals surface area contributed by atoms with Crippen LogP contribution in [0.25, 0.3) is 0 Å². The van der Waals surface area contributed by atoms with E-state index in [0.29, 0.717) is 17.8 Å². The topological polar surface area (TPSA) is 92.5 Å². The monoisotopic (exact) mass is 264 g/mol. The summed E-state index contributed by atoms with van der Waals surface area (Å²) in [5.74, 6) is -1.18. The summed E-state index contributed by atoms with van der Waals surface area (Å²) in [6, 6.07) is 2.49. The van der Waals surface area contributed by atoms with Crippen LogP contribution in [0.4, 0.5) is 11.4 Å². The number of benzene rings is 1. The van der Waals surface area contributed by atoms with Crippen LogP contribution in [-0.4, -0.2) is 22.5 Å². The second-order valence-electron chi connectivity index (χ2n) is 4.09. The fraction of sp³-hybridized carbons (Fsp3) is 0.308. The second kappa shape index (κ2) is 6.53. The van der Waals surface area contributed by atoms with Crippen molar-refractivity contribution in [2.24, 2.45) is 0 Å². The standard InChI is InChI=1S/C13H16N2O4/c1-3-4-5-6-14-11-7-10(13(16)17)8-12(9(11)2)15(18)19/h3,7-8,14H,1,4-6H2,2H3,(H,16,17). The largest absolute Gasteiger partial charge is 0.478 e. The highest BCUT2D eigenvalue weighted by molar-refractivity contribution is 5.90. The van der Waals surface area contributed by atoms with Crippen molar-refractivity contribution in [2.75, 3.05) is 11.9 Å². The summed E-state index contributed by atoms with van der Waals surface area (Å²) < 4.78 is 0. The molecule has 0 heterocycles. The van der Waals surface area contributed by atoms with Crippen LogP contribution < -0.4 is 5.32 Å². The number of carboxylic acid groups (broad SMARTS) is 1. The molecule has 0 spiro atoms. The molecule has 0 atom stereocenters. The van der Waals surface area contributed by atoms with Crippen LogP contribution in [0.2, 0.25) is 0 Å². The Morgan fingerprint density at radius 2 is 2.26 bits per heavy atom. The first kappa shape index (κ1) is 14.7. The van der Waals surface area contributed by atoms with Gasteiger partial charge in [0.25, 0.3) is 5.69 Å². The van der Waals surface area contributed by atoms with Crippen LogP contribution >= 0.6 is 0 Å². The third-order valence-electron chi connectivity index (χ3n) is 2.72. The molecular weight excluding hydrogens is 248 g/mol. The Kier molecular flexibility index (Phi) is 5.05. The predicted molar refractivity (Wildman–Crippen MR) is 72.7 cm³/mol. The van der Waals surface area contributed by atoms with E-state index in [1.807, 2.05) is 0 Å².